The summed E-state index contributed by atoms with van der Waals surface area (Å²) in [6.07, 6.45) is -3.21. The van der Waals surface area contributed by atoms with E-state index in [1.54, 1.807) is 0 Å². The maximum atomic E-state index is 12.0. The van der Waals surface area contributed by atoms with Gasteiger partial charge < -0.3 is 25.0 Å². The van der Waals surface area contributed by atoms with Crippen molar-refractivity contribution in [1.29, 1.82) is 5.26 Å². The third kappa shape index (κ3) is 2.18. The van der Waals surface area contributed by atoms with Gasteiger partial charge in [-0.3, -0.25) is 9.78 Å². The average molecular weight is 297 g/mol. The first kappa shape index (κ1) is 15.4. The van der Waals surface area contributed by atoms with Gasteiger partial charge in [-0.25, -0.2) is 4.79 Å². The smallest absolute Gasteiger partial charge is 0.325 e. The van der Waals surface area contributed by atoms with E-state index >= 15 is 0 Å². The zero-order valence-corrected chi connectivity index (χ0v) is 11.1. The van der Waals surface area contributed by atoms with E-state index in [0.717, 1.165) is 6.20 Å². The van der Waals surface area contributed by atoms with Crippen LogP contribution in [0.25, 0.3) is 0 Å². The highest BCUT2D eigenvalue weighted by Gasteiger charge is 2.59. The fourth-order valence-electron chi connectivity index (χ4n) is 2.60. The summed E-state index contributed by atoms with van der Waals surface area (Å²) in [6, 6.07) is 1.86. The Morgan fingerprint density at radius 1 is 1.52 bits per heavy atom. The predicted octanol–water partition coefficient (Wildman–Crippen LogP) is -2.47. The van der Waals surface area contributed by atoms with Crippen molar-refractivity contribution in [2.24, 2.45) is 5.92 Å². The second kappa shape index (κ2) is 5.42. The van der Waals surface area contributed by atoms with Gasteiger partial charge in [0.2, 0.25) is 0 Å². The first-order valence-electron chi connectivity index (χ1n) is 6.25. The minimum Gasteiger partial charge on any atom is -0.394 e. The zero-order chi connectivity index (χ0) is 15.8. The Hall–Kier alpha value is -1.99. The summed E-state index contributed by atoms with van der Waals surface area (Å²) in [5.74, 6) is -1.02. The van der Waals surface area contributed by atoms with Crippen molar-refractivity contribution in [1.82, 2.24) is 9.97 Å². The molecule has 9 heteroatoms. The Kier molecular flexibility index (Phi) is 3.97. The number of aliphatic hydroxyl groups excluding tert-OH is 3. The summed E-state index contributed by atoms with van der Waals surface area (Å²) in [4.78, 5) is 27.3. The Bertz CT molecular complexity index is 677. The molecule has 0 bridgehead atoms. The molecule has 2 heterocycles. The molecule has 1 aromatic rings. The van der Waals surface area contributed by atoms with Crippen LogP contribution in [0.1, 0.15) is 12.5 Å². The molecule has 1 aliphatic heterocycles. The Balaban J connectivity index is 2.67. The quantitative estimate of drug-likeness (QED) is 0.413. The van der Waals surface area contributed by atoms with Gasteiger partial charge in [0, 0.05) is 6.20 Å². The van der Waals surface area contributed by atoms with Crippen molar-refractivity contribution in [2.45, 2.75) is 30.8 Å². The van der Waals surface area contributed by atoms with E-state index in [0.29, 0.717) is 0 Å². The second-order valence-corrected chi connectivity index (χ2v) is 4.90. The molecule has 9 nitrogen and oxygen atoms in total. The topological polar surface area (TPSA) is 159 Å². The number of hydrogen-bond donors (Lipinski definition) is 5. The lowest BCUT2D eigenvalue weighted by molar-refractivity contribution is -0.119. The molecule has 0 spiro atoms. The minimum absolute atomic E-state index is 0.196. The lowest BCUT2D eigenvalue weighted by Crippen LogP contribution is -2.49. The molecule has 0 radical (unpaired) electrons. The third-order valence-corrected chi connectivity index (χ3v) is 3.75. The SMILES string of the molecule is CC(C#N)[C@@]1(c2c[nH]c(=O)[nH]c2=O)O[C@H](CO)[C@@H](O)[C@H]1O. The van der Waals surface area contributed by atoms with Crippen LogP contribution in [0.15, 0.2) is 15.8 Å². The van der Waals surface area contributed by atoms with Gasteiger partial charge in [-0.05, 0) is 6.92 Å². The molecule has 1 saturated heterocycles. The van der Waals surface area contributed by atoms with E-state index in [1.807, 2.05) is 11.1 Å². The molecule has 0 aliphatic carbocycles. The maximum Gasteiger partial charge on any atom is 0.325 e. The van der Waals surface area contributed by atoms with Gasteiger partial charge in [0.1, 0.15) is 23.9 Å². The molecule has 114 valence electrons. The van der Waals surface area contributed by atoms with Crippen LogP contribution in [-0.2, 0) is 10.3 Å². The molecule has 21 heavy (non-hydrogen) atoms. The van der Waals surface area contributed by atoms with E-state index in [2.05, 4.69) is 4.98 Å². The first-order chi connectivity index (χ1) is 9.88. The molecular weight excluding hydrogens is 282 g/mol. The van der Waals surface area contributed by atoms with E-state index < -0.39 is 47.7 Å². The Morgan fingerprint density at radius 2 is 2.19 bits per heavy atom. The van der Waals surface area contributed by atoms with Crippen molar-refractivity contribution in [2.75, 3.05) is 6.61 Å². The number of aromatic nitrogens is 2. The molecule has 1 fully saturated rings. The van der Waals surface area contributed by atoms with E-state index in [-0.39, 0.29) is 5.56 Å². The lowest BCUT2D eigenvalue weighted by Gasteiger charge is -2.33. The molecule has 1 aromatic heterocycles. The molecule has 5 N–H and O–H groups in total. The molecule has 1 aliphatic rings. The van der Waals surface area contributed by atoms with Crippen molar-refractivity contribution < 1.29 is 20.1 Å². The van der Waals surface area contributed by atoms with Gasteiger partial charge in [0.15, 0.2) is 0 Å². The normalized spacial score (nSPS) is 33.6. The van der Waals surface area contributed by atoms with Gasteiger partial charge in [-0.15, -0.1) is 0 Å². The fourth-order valence-corrected chi connectivity index (χ4v) is 2.60. The fraction of sp³-hybridized carbons (Fsp3) is 0.583. The highest BCUT2D eigenvalue weighted by atomic mass is 16.6. The van der Waals surface area contributed by atoms with Crippen LogP contribution in [0.2, 0.25) is 0 Å². The highest BCUT2D eigenvalue weighted by molar-refractivity contribution is 5.25. The Labute approximate surface area is 118 Å². The third-order valence-electron chi connectivity index (χ3n) is 3.75. The van der Waals surface area contributed by atoms with Crippen LogP contribution < -0.4 is 11.2 Å². The Morgan fingerprint density at radius 3 is 2.67 bits per heavy atom. The van der Waals surface area contributed by atoms with Gasteiger partial charge in [-0.1, -0.05) is 0 Å². The number of ether oxygens (including phenoxy) is 1. The molecular formula is C12H15N3O6. The molecule has 0 amide bonds. The average Bonchev–Trinajstić information content (AvgIpc) is 2.72. The van der Waals surface area contributed by atoms with Crippen molar-refractivity contribution >= 4 is 0 Å². The van der Waals surface area contributed by atoms with Crippen LogP contribution in [0, 0.1) is 17.2 Å². The number of rotatable bonds is 3. The molecule has 1 unspecified atom stereocenters. The zero-order valence-electron chi connectivity index (χ0n) is 11.1. The van der Waals surface area contributed by atoms with Crippen LogP contribution in [0.3, 0.4) is 0 Å². The van der Waals surface area contributed by atoms with Crippen molar-refractivity contribution in [3.63, 3.8) is 0 Å². The van der Waals surface area contributed by atoms with Crippen molar-refractivity contribution in [3.05, 3.63) is 32.6 Å². The van der Waals surface area contributed by atoms with Crippen molar-refractivity contribution in [3.8, 4) is 6.07 Å². The van der Waals surface area contributed by atoms with E-state index in [9.17, 15) is 24.9 Å². The first-order valence-corrected chi connectivity index (χ1v) is 6.25. The number of nitrogens with zero attached hydrogens (tertiary/aromatic N) is 1. The van der Waals surface area contributed by atoms with Gasteiger partial charge in [0.25, 0.3) is 5.56 Å². The molecule has 5 atom stereocenters. The van der Waals surface area contributed by atoms with E-state index in [4.69, 9.17) is 10.00 Å². The van der Waals surface area contributed by atoms with Crippen LogP contribution >= 0.6 is 0 Å². The van der Waals surface area contributed by atoms with Gasteiger partial charge >= 0.3 is 5.69 Å². The standard InChI is InChI=1S/C12H15N3O6/c1-5(2-13)12(6-3-14-11(20)15-10(6)19)9(18)8(17)7(4-16)21-12/h3,5,7-9,16-18H,4H2,1H3,(H2,14,15,19,20)/t5?,7-,8-,9-,12+/m1/s1. The minimum atomic E-state index is -1.85. The summed E-state index contributed by atoms with van der Waals surface area (Å²) in [5.41, 5.74) is -3.64. The van der Waals surface area contributed by atoms with E-state index in [1.165, 1.54) is 6.92 Å². The molecule has 0 aromatic carbocycles. The van der Waals surface area contributed by atoms with Crippen LogP contribution in [-0.4, -0.2) is 50.2 Å². The number of nitrogens with one attached hydrogen (secondary N) is 2. The number of aromatic amines is 2. The van der Waals surface area contributed by atoms with Gasteiger partial charge in [-0.2, -0.15) is 5.26 Å². The monoisotopic (exact) mass is 297 g/mol. The molecule has 2 rings (SSSR count). The second-order valence-electron chi connectivity index (χ2n) is 4.90. The lowest BCUT2D eigenvalue weighted by atomic mass is 9.79. The number of hydrogen-bond acceptors (Lipinski definition) is 7. The summed E-state index contributed by atoms with van der Waals surface area (Å²) >= 11 is 0. The molecule has 0 saturated carbocycles. The summed E-state index contributed by atoms with van der Waals surface area (Å²) in [7, 11) is 0. The summed E-state index contributed by atoms with van der Waals surface area (Å²) in [5, 5.41) is 38.5. The van der Waals surface area contributed by atoms with Crippen LogP contribution in [0.4, 0.5) is 0 Å². The summed E-state index contributed by atoms with van der Waals surface area (Å²) < 4.78 is 5.47. The predicted molar refractivity (Wildman–Crippen MR) is 68.1 cm³/mol. The highest BCUT2D eigenvalue weighted by Crippen LogP contribution is 2.43. The summed E-state index contributed by atoms with van der Waals surface area (Å²) in [6.45, 7) is 0.805. The largest absolute Gasteiger partial charge is 0.394 e. The number of nitriles is 1. The van der Waals surface area contributed by atoms with Gasteiger partial charge in [0.05, 0.1) is 24.2 Å². The maximum absolute atomic E-state index is 12.0. The van der Waals surface area contributed by atoms with Crippen LogP contribution in [0.5, 0.6) is 0 Å². The number of H-pyrrole nitrogens is 2. The number of aliphatic hydroxyl groups is 3.